The zero-order valence-electron chi connectivity index (χ0n) is 26.5. The molecule has 44 heavy (non-hydrogen) atoms. The topological polar surface area (TPSA) is 116 Å². The van der Waals surface area contributed by atoms with Crippen LogP contribution in [0.1, 0.15) is 104 Å². The first-order chi connectivity index (χ1) is 20.9. The molecule has 0 spiro atoms. The van der Waals surface area contributed by atoms with Crippen molar-refractivity contribution in [1.29, 1.82) is 0 Å². The summed E-state index contributed by atoms with van der Waals surface area (Å²) in [6.45, 7) is 5.37. The first-order valence-corrected chi connectivity index (χ1v) is 16.8. The average Bonchev–Trinajstić information content (AvgIpc) is 3.60. The average molecular weight is 617 g/mol. The summed E-state index contributed by atoms with van der Waals surface area (Å²) in [5.41, 5.74) is -3.20. The molecular weight excluding hydrogens is 567 g/mol. The molecule has 8 atom stereocenters. The minimum absolute atomic E-state index is 0.104. The minimum atomic E-state index is -1.70. The fourth-order valence-corrected chi connectivity index (χ4v) is 9.64. The Morgan fingerprint density at radius 2 is 1.84 bits per heavy atom. The number of aliphatic hydroxyl groups excluding tert-OH is 1. The van der Waals surface area contributed by atoms with Crippen LogP contribution in [0.5, 0.6) is 0 Å². The SMILES string of the molecule is CCCCCOC(=O)O[C@]1(C(=O)COC(=O)CCC2CCCC2)CC[C@H]2[C@@H]3C[C@H](F)C4=CC(=O)C=C[C@]4(C)[C@H]3C(O)C[C@@]21C. The minimum Gasteiger partial charge on any atom is -0.457 e. The van der Waals surface area contributed by atoms with Crippen molar-refractivity contribution in [3.8, 4) is 0 Å². The van der Waals surface area contributed by atoms with E-state index >= 15 is 4.39 Å². The number of esters is 1. The summed E-state index contributed by atoms with van der Waals surface area (Å²) in [7, 11) is 0. The monoisotopic (exact) mass is 616 g/mol. The Balaban J connectivity index is 1.39. The molecule has 1 unspecified atom stereocenters. The number of halogens is 1. The maximum Gasteiger partial charge on any atom is 0.509 e. The molecule has 0 amide bonds. The van der Waals surface area contributed by atoms with Crippen molar-refractivity contribution < 1.29 is 42.9 Å². The molecule has 4 saturated carbocycles. The molecule has 4 fully saturated rings. The van der Waals surface area contributed by atoms with Crippen molar-refractivity contribution >= 4 is 23.7 Å². The zero-order valence-corrected chi connectivity index (χ0v) is 26.5. The van der Waals surface area contributed by atoms with E-state index in [-0.39, 0.29) is 55.8 Å². The van der Waals surface area contributed by atoms with E-state index in [4.69, 9.17) is 14.2 Å². The van der Waals surface area contributed by atoms with E-state index < -0.39 is 53.2 Å². The van der Waals surface area contributed by atoms with Crippen LogP contribution in [0.2, 0.25) is 0 Å². The Kier molecular flexibility index (Phi) is 9.74. The zero-order chi connectivity index (χ0) is 31.7. The van der Waals surface area contributed by atoms with Crippen LogP contribution in [-0.4, -0.2) is 59.9 Å². The Morgan fingerprint density at radius 3 is 2.57 bits per heavy atom. The van der Waals surface area contributed by atoms with Crippen molar-refractivity contribution in [2.45, 2.75) is 122 Å². The van der Waals surface area contributed by atoms with Crippen LogP contribution in [0.15, 0.2) is 23.8 Å². The van der Waals surface area contributed by atoms with Crippen molar-refractivity contribution in [3.05, 3.63) is 23.8 Å². The van der Waals surface area contributed by atoms with Gasteiger partial charge in [-0.3, -0.25) is 14.4 Å². The number of aliphatic hydroxyl groups is 1. The van der Waals surface area contributed by atoms with Crippen LogP contribution in [0, 0.1) is 34.5 Å². The van der Waals surface area contributed by atoms with E-state index in [0.29, 0.717) is 24.3 Å². The molecule has 5 aliphatic rings. The highest BCUT2D eigenvalue weighted by atomic mass is 19.1. The smallest absolute Gasteiger partial charge is 0.457 e. The van der Waals surface area contributed by atoms with E-state index in [9.17, 15) is 24.3 Å². The first kappa shape index (κ1) is 32.8. The Morgan fingerprint density at radius 1 is 1.09 bits per heavy atom. The molecule has 0 radical (unpaired) electrons. The van der Waals surface area contributed by atoms with Crippen LogP contribution in [-0.2, 0) is 28.6 Å². The highest BCUT2D eigenvalue weighted by Gasteiger charge is 2.71. The number of allylic oxidation sites excluding steroid dienone is 4. The number of fused-ring (bicyclic) bond motifs is 5. The van der Waals surface area contributed by atoms with Gasteiger partial charge >= 0.3 is 12.1 Å². The highest BCUT2D eigenvalue weighted by Crippen LogP contribution is 2.68. The summed E-state index contributed by atoms with van der Waals surface area (Å²) in [4.78, 5) is 52.0. The van der Waals surface area contributed by atoms with Gasteiger partial charge in [-0.1, -0.05) is 65.4 Å². The van der Waals surface area contributed by atoms with Gasteiger partial charge in [0.15, 0.2) is 18.0 Å². The maximum absolute atomic E-state index is 15.8. The highest BCUT2D eigenvalue weighted by molar-refractivity contribution is 6.01. The lowest BCUT2D eigenvalue weighted by Crippen LogP contribution is -2.64. The van der Waals surface area contributed by atoms with Gasteiger partial charge in [-0.25, -0.2) is 9.18 Å². The lowest BCUT2D eigenvalue weighted by atomic mass is 9.46. The number of carbonyl (C=O) groups is 4. The van der Waals surface area contributed by atoms with E-state index in [1.165, 1.54) is 25.0 Å². The Hall–Kier alpha value is -2.55. The number of unbranched alkanes of at least 4 members (excludes halogenated alkanes) is 2. The number of carbonyl (C=O) groups excluding carboxylic acids is 4. The normalized spacial score (nSPS) is 37.9. The lowest BCUT2D eigenvalue weighted by molar-refractivity contribution is -0.187. The van der Waals surface area contributed by atoms with Gasteiger partial charge in [-0.05, 0) is 74.0 Å². The number of alkyl halides is 1. The molecule has 0 bridgehead atoms. The van der Waals surface area contributed by atoms with Crippen LogP contribution >= 0.6 is 0 Å². The van der Waals surface area contributed by atoms with Crippen LogP contribution < -0.4 is 0 Å². The maximum atomic E-state index is 15.8. The van der Waals surface area contributed by atoms with E-state index in [2.05, 4.69) is 0 Å². The van der Waals surface area contributed by atoms with Crippen molar-refractivity contribution in [1.82, 2.24) is 0 Å². The Bertz CT molecular complexity index is 1190. The predicted octanol–water partition coefficient (Wildman–Crippen LogP) is 6.38. The summed E-state index contributed by atoms with van der Waals surface area (Å²) in [5.74, 6) is -1.70. The molecule has 5 rings (SSSR count). The summed E-state index contributed by atoms with van der Waals surface area (Å²) < 4.78 is 32.7. The molecule has 0 aliphatic heterocycles. The molecule has 0 aromatic rings. The predicted molar refractivity (Wildman–Crippen MR) is 160 cm³/mol. The first-order valence-electron chi connectivity index (χ1n) is 16.8. The summed E-state index contributed by atoms with van der Waals surface area (Å²) in [5, 5.41) is 11.8. The number of Topliss-reactive ketones (excluding diaryl/α,β-unsaturated/α-hetero) is 1. The number of ketones is 2. The molecule has 1 N–H and O–H groups in total. The third kappa shape index (κ3) is 5.90. The molecule has 5 aliphatic carbocycles. The molecule has 244 valence electrons. The van der Waals surface area contributed by atoms with Crippen molar-refractivity contribution in [2.75, 3.05) is 13.2 Å². The van der Waals surface area contributed by atoms with E-state index in [1.54, 1.807) is 6.08 Å². The molecule has 9 heteroatoms. The van der Waals surface area contributed by atoms with Gasteiger partial charge in [-0.15, -0.1) is 0 Å². The number of rotatable bonds is 11. The van der Waals surface area contributed by atoms with Gasteiger partial charge in [-0.2, -0.15) is 0 Å². The largest absolute Gasteiger partial charge is 0.509 e. The van der Waals surface area contributed by atoms with Gasteiger partial charge in [0.25, 0.3) is 0 Å². The fourth-order valence-electron chi connectivity index (χ4n) is 9.64. The van der Waals surface area contributed by atoms with Crippen LogP contribution in [0.4, 0.5) is 9.18 Å². The van der Waals surface area contributed by atoms with Crippen molar-refractivity contribution in [2.24, 2.45) is 34.5 Å². The molecule has 0 heterocycles. The third-order valence-corrected chi connectivity index (χ3v) is 11.9. The fraction of sp³-hybridized carbons (Fsp3) is 0.771. The van der Waals surface area contributed by atoms with Gasteiger partial charge in [0.1, 0.15) is 6.17 Å². The van der Waals surface area contributed by atoms with Gasteiger partial charge in [0.2, 0.25) is 5.78 Å². The second-order valence-electron chi connectivity index (χ2n) is 14.4. The van der Waals surface area contributed by atoms with Gasteiger partial charge in [0.05, 0.1) is 12.7 Å². The number of hydrogen-bond donors (Lipinski definition) is 1. The molecule has 0 aromatic carbocycles. The number of ether oxygens (including phenoxy) is 3. The second-order valence-corrected chi connectivity index (χ2v) is 14.4. The van der Waals surface area contributed by atoms with Crippen molar-refractivity contribution in [3.63, 3.8) is 0 Å². The second kappa shape index (κ2) is 13.1. The molecule has 0 saturated heterocycles. The summed E-state index contributed by atoms with van der Waals surface area (Å²) in [6.07, 6.45) is 10.1. The van der Waals surface area contributed by atoms with E-state index in [0.717, 1.165) is 32.1 Å². The summed E-state index contributed by atoms with van der Waals surface area (Å²) >= 11 is 0. The quantitative estimate of drug-likeness (QED) is 0.210. The van der Waals surface area contributed by atoms with Gasteiger partial charge in [0, 0.05) is 23.2 Å². The van der Waals surface area contributed by atoms with Gasteiger partial charge < -0.3 is 19.3 Å². The molecule has 8 nitrogen and oxygen atoms in total. The van der Waals surface area contributed by atoms with Crippen LogP contribution in [0.25, 0.3) is 0 Å². The lowest BCUT2D eigenvalue weighted by Gasteiger charge is -2.60. The molecular formula is C35H49FO8. The Labute approximate surface area is 260 Å². The summed E-state index contributed by atoms with van der Waals surface area (Å²) in [6, 6.07) is 0. The van der Waals surface area contributed by atoms with E-state index in [1.807, 2.05) is 20.8 Å². The molecule has 0 aromatic heterocycles. The van der Waals surface area contributed by atoms with Crippen LogP contribution in [0.3, 0.4) is 0 Å². The standard InChI is InChI=1S/C35H49FO8/c1-4-5-8-17-42-32(41)44-35(29(39)21-43-30(40)12-11-22-9-6-7-10-22)16-14-25-24-19-27(36)26-18-23(37)13-15-33(26,2)31(24)28(38)20-34(25,35)3/h13,15,18,22,24-25,27-28,31,38H,4-12,14,16-17,19-21H2,1-3H3/t24-,25-,27-,28?,31+,33-,34-,35-/m0/s1. The third-order valence-electron chi connectivity index (χ3n) is 11.9. The number of hydrogen-bond acceptors (Lipinski definition) is 8.